The van der Waals surface area contributed by atoms with Gasteiger partial charge in [0.1, 0.15) is 18.1 Å². The van der Waals surface area contributed by atoms with E-state index in [9.17, 15) is 23.6 Å². The van der Waals surface area contributed by atoms with Gasteiger partial charge in [-0.25, -0.2) is 13.9 Å². The van der Waals surface area contributed by atoms with Crippen LogP contribution in [0.4, 0.5) is 4.39 Å². The van der Waals surface area contributed by atoms with Gasteiger partial charge < -0.3 is 4.74 Å². The van der Waals surface area contributed by atoms with Crippen LogP contribution in [0, 0.1) is 12.7 Å². The van der Waals surface area contributed by atoms with Crippen molar-refractivity contribution in [2.24, 2.45) is 0 Å². The van der Waals surface area contributed by atoms with Crippen LogP contribution in [-0.4, -0.2) is 45.6 Å². The number of ether oxygens (including phenoxy) is 1. The number of carbonyl (C=O) groups excluding carboxylic acids is 3. The number of nitrogens with zero attached hydrogens (tertiary/aromatic N) is 3. The molecule has 1 aliphatic rings. The van der Waals surface area contributed by atoms with Crippen LogP contribution in [0.15, 0.2) is 59.4 Å². The van der Waals surface area contributed by atoms with Crippen molar-refractivity contribution in [3.63, 3.8) is 0 Å². The van der Waals surface area contributed by atoms with Gasteiger partial charge in [-0.05, 0) is 31.2 Å². The van der Waals surface area contributed by atoms with E-state index in [4.69, 9.17) is 4.74 Å². The number of amides is 2. The lowest BCUT2D eigenvalue weighted by atomic mass is 10.1. The highest BCUT2D eigenvalue weighted by Gasteiger charge is 2.35. The molecule has 0 aliphatic carbocycles. The minimum absolute atomic E-state index is 0.0695. The average molecular weight is 421 g/mol. The Morgan fingerprint density at radius 1 is 1.00 bits per heavy atom. The fourth-order valence-electron chi connectivity index (χ4n) is 3.30. The number of para-hydroxylation sites is 1. The lowest BCUT2D eigenvalue weighted by Gasteiger charge is -2.14. The van der Waals surface area contributed by atoms with Crippen LogP contribution in [0.1, 0.15) is 36.9 Å². The van der Waals surface area contributed by atoms with E-state index in [0.717, 1.165) is 15.6 Å². The van der Waals surface area contributed by atoms with Gasteiger partial charge in [-0.15, -0.1) is 0 Å². The fraction of sp³-hybridized carbons (Fsp3) is 0.136. The first kappa shape index (κ1) is 20.1. The molecule has 0 saturated carbocycles. The molecule has 4 rings (SSSR count). The quantitative estimate of drug-likeness (QED) is 0.462. The second kappa shape index (κ2) is 7.94. The summed E-state index contributed by atoms with van der Waals surface area (Å²) in [7, 11) is 0. The third-order valence-corrected chi connectivity index (χ3v) is 4.81. The van der Waals surface area contributed by atoms with E-state index in [2.05, 4.69) is 5.10 Å². The Morgan fingerprint density at radius 3 is 2.26 bits per heavy atom. The number of aryl methyl sites for hydroxylation is 1. The number of esters is 1. The number of hydrogen-bond donors (Lipinski definition) is 0. The molecule has 156 valence electrons. The van der Waals surface area contributed by atoms with Crippen LogP contribution < -0.4 is 5.43 Å². The summed E-state index contributed by atoms with van der Waals surface area (Å²) >= 11 is 0. The Morgan fingerprint density at radius 2 is 1.61 bits per heavy atom. The Hall–Kier alpha value is -4.14. The van der Waals surface area contributed by atoms with Crippen LogP contribution in [0.2, 0.25) is 0 Å². The molecule has 8 nitrogen and oxygen atoms in total. The van der Waals surface area contributed by atoms with Gasteiger partial charge >= 0.3 is 5.97 Å². The number of imide groups is 1. The summed E-state index contributed by atoms with van der Waals surface area (Å²) < 4.78 is 20.3. The van der Waals surface area contributed by atoms with E-state index in [1.807, 2.05) is 0 Å². The van der Waals surface area contributed by atoms with Crippen molar-refractivity contribution in [2.45, 2.75) is 6.92 Å². The Bertz CT molecular complexity index is 1250. The molecule has 3 aromatic rings. The van der Waals surface area contributed by atoms with E-state index < -0.39 is 34.7 Å². The minimum Gasteiger partial charge on any atom is -0.459 e. The van der Waals surface area contributed by atoms with Gasteiger partial charge in [-0.1, -0.05) is 24.3 Å². The zero-order valence-corrected chi connectivity index (χ0v) is 16.4. The predicted octanol–water partition coefficient (Wildman–Crippen LogP) is 2.13. The maximum atomic E-state index is 14.1. The molecule has 0 radical (unpaired) electrons. The number of fused-ring (bicyclic) bond motifs is 1. The first-order valence-corrected chi connectivity index (χ1v) is 9.36. The molecule has 1 aromatic heterocycles. The molecular formula is C22H16FN3O5. The van der Waals surface area contributed by atoms with E-state index >= 15 is 0 Å². The summed E-state index contributed by atoms with van der Waals surface area (Å²) in [5.74, 6) is -2.57. The molecule has 0 fully saturated rings. The maximum Gasteiger partial charge on any atom is 0.362 e. The van der Waals surface area contributed by atoms with Gasteiger partial charge in [0.15, 0.2) is 0 Å². The summed E-state index contributed by atoms with van der Waals surface area (Å²) in [6.07, 6.45) is 0. The monoisotopic (exact) mass is 421 g/mol. The molecule has 2 amide bonds. The van der Waals surface area contributed by atoms with Crippen molar-refractivity contribution in [1.29, 1.82) is 0 Å². The molecule has 1 aliphatic heterocycles. The van der Waals surface area contributed by atoms with Gasteiger partial charge in [-0.3, -0.25) is 19.3 Å². The molecule has 0 saturated heterocycles. The summed E-state index contributed by atoms with van der Waals surface area (Å²) in [6.45, 7) is 1.06. The van der Waals surface area contributed by atoms with Crippen molar-refractivity contribution in [3.8, 4) is 5.69 Å². The molecule has 0 atom stereocenters. The number of rotatable bonds is 5. The molecule has 2 heterocycles. The van der Waals surface area contributed by atoms with E-state index in [-0.39, 0.29) is 30.0 Å². The third-order valence-electron chi connectivity index (χ3n) is 4.81. The highest BCUT2D eigenvalue weighted by atomic mass is 19.1. The molecule has 31 heavy (non-hydrogen) atoms. The zero-order valence-electron chi connectivity index (χ0n) is 16.4. The topological polar surface area (TPSA) is 98.6 Å². The first-order valence-electron chi connectivity index (χ1n) is 9.36. The van der Waals surface area contributed by atoms with Crippen molar-refractivity contribution in [2.75, 3.05) is 13.2 Å². The number of benzene rings is 2. The van der Waals surface area contributed by atoms with E-state index in [1.165, 1.54) is 18.2 Å². The number of hydrogen-bond acceptors (Lipinski definition) is 6. The second-order valence-electron chi connectivity index (χ2n) is 6.81. The highest BCUT2D eigenvalue weighted by molar-refractivity contribution is 6.21. The van der Waals surface area contributed by atoms with Gasteiger partial charge in [0.2, 0.25) is 11.1 Å². The predicted molar refractivity (Wildman–Crippen MR) is 107 cm³/mol. The molecule has 9 heteroatoms. The lowest BCUT2D eigenvalue weighted by Crippen LogP contribution is -2.34. The molecule has 0 unspecified atom stereocenters. The van der Waals surface area contributed by atoms with E-state index in [1.54, 1.807) is 37.3 Å². The second-order valence-corrected chi connectivity index (χ2v) is 6.81. The van der Waals surface area contributed by atoms with Crippen LogP contribution in [0.3, 0.4) is 0 Å². The van der Waals surface area contributed by atoms with Crippen LogP contribution in [0.5, 0.6) is 0 Å². The molecule has 2 aromatic carbocycles. The van der Waals surface area contributed by atoms with Crippen molar-refractivity contribution in [3.05, 3.63) is 93.2 Å². The first-order chi connectivity index (χ1) is 14.9. The Balaban J connectivity index is 1.49. The number of halogens is 1. The van der Waals surface area contributed by atoms with Gasteiger partial charge in [0.25, 0.3) is 11.8 Å². The normalized spacial score (nSPS) is 12.8. The van der Waals surface area contributed by atoms with Crippen LogP contribution >= 0.6 is 0 Å². The summed E-state index contributed by atoms with van der Waals surface area (Å²) in [4.78, 5) is 50.3. The number of aromatic nitrogens is 2. The van der Waals surface area contributed by atoms with Crippen molar-refractivity contribution < 1.29 is 23.5 Å². The SMILES string of the molecule is Cc1cc(=O)c(C(=O)OCCN2C(=O)c3ccccc3C2=O)nn1-c1ccccc1F. The van der Waals surface area contributed by atoms with Crippen molar-refractivity contribution >= 4 is 17.8 Å². The highest BCUT2D eigenvalue weighted by Crippen LogP contribution is 2.22. The van der Waals surface area contributed by atoms with Crippen LogP contribution in [-0.2, 0) is 4.74 Å². The zero-order chi connectivity index (χ0) is 22.1. The molecule has 0 N–H and O–H groups in total. The number of carbonyl (C=O) groups is 3. The van der Waals surface area contributed by atoms with Crippen LogP contribution in [0.25, 0.3) is 5.69 Å². The molecule has 0 spiro atoms. The minimum atomic E-state index is -1.04. The summed E-state index contributed by atoms with van der Waals surface area (Å²) in [5, 5.41) is 3.96. The van der Waals surface area contributed by atoms with Gasteiger partial charge in [0.05, 0.1) is 17.7 Å². The Kier molecular flexibility index (Phi) is 5.16. The maximum absolute atomic E-state index is 14.1. The molecular weight excluding hydrogens is 405 g/mol. The lowest BCUT2D eigenvalue weighted by molar-refractivity contribution is 0.0412. The average Bonchev–Trinajstić information content (AvgIpc) is 2.99. The fourth-order valence-corrected chi connectivity index (χ4v) is 3.30. The van der Waals surface area contributed by atoms with Crippen molar-refractivity contribution in [1.82, 2.24) is 14.7 Å². The largest absolute Gasteiger partial charge is 0.459 e. The summed E-state index contributed by atoms with van der Waals surface area (Å²) in [6, 6.07) is 13.3. The van der Waals surface area contributed by atoms with Gasteiger partial charge in [0, 0.05) is 11.8 Å². The Labute approximate surface area is 175 Å². The standard InChI is InChI=1S/C22H16FN3O5/c1-13-12-18(27)19(24-26(13)17-9-5-4-8-16(17)23)22(30)31-11-10-25-20(28)14-6-2-3-7-15(14)21(25)29/h2-9,12H,10-11H2,1H3. The molecule has 0 bridgehead atoms. The third kappa shape index (κ3) is 3.61. The summed E-state index contributed by atoms with van der Waals surface area (Å²) in [5.41, 5.74) is -0.247. The van der Waals surface area contributed by atoms with Gasteiger partial charge in [-0.2, -0.15) is 5.10 Å². The smallest absolute Gasteiger partial charge is 0.362 e. The van der Waals surface area contributed by atoms with E-state index in [0.29, 0.717) is 5.69 Å².